The van der Waals surface area contributed by atoms with E-state index in [1.165, 1.54) is 12.1 Å². The molecule has 0 aliphatic carbocycles. The molecule has 3 aromatic rings. The molecule has 9 heteroatoms. The Morgan fingerprint density at radius 2 is 1.43 bits per heavy atom. The third-order valence-corrected chi connectivity index (χ3v) is 5.51. The van der Waals surface area contributed by atoms with Crippen molar-refractivity contribution in [2.45, 2.75) is 32.1 Å². The maximum Gasteiger partial charge on any atom is 0.326 e. The zero-order chi connectivity index (χ0) is 25.4. The second-order valence-corrected chi connectivity index (χ2v) is 8.25. The fourth-order valence-corrected chi connectivity index (χ4v) is 3.59. The summed E-state index contributed by atoms with van der Waals surface area (Å²) < 4.78 is 27.4. The number of nitrogens with one attached hydrogen (secondary N) is 3. The number of hydrogen-bond donors (Lipinski definition) is 3. The van der Waals surface area contributed by atoms with Crippen LogP contribution in [0.1, 0.15) is 48.0 Å². The summed E-state index contributed by atoms with van der Waals surface area (Å²) in [7, 11) is 0. The van der Waals surface area contributed by atoms with Gasteiger partial charge in [0, 0.05) is 16.4 Å². The third-order valence-electron chi connectivity index (χ3n) is 5.26. The molecule has 35 heavy (non-hydrogen) atoms. The molecule has 0 aliphatic rings. The lowest BCUT2D eigenvalue weighted by molar-refractivity contribution is -0.117. The van der Waals surface area contributed by atoms with Crippen molar-refractivity contribution >= 4 is 40.8 Å². The van der Waals surface area contributed by atoms with Crippen LogP contribution in [0.15, 0.2) is 66.7 Å². The number of carbonyl (C=O) groups is 3. The van der Waals surface area contributed by atoms with E-state index in [0.29, 0.717) is 22.8 Å². The number of anilines is 2. The van der Waals surface area contributed by atoms with E-state index in [2.05, 4.69) is 17.6 Å². The molecule has 182 valence electrons. The first kappa shape index (κ1) is 25.8. The van der Waals surface area contributed by atoms with Gasteiger partial charge in [0.25, 0.3) is 5.91 Å². The van der Waals surface area contributed by atoms with Crippen molar-refractivity contribution in [2.75, 3.05) is 10.6 Å². The van der Waals surface area contributed by atoms with E-state index in [1.807, 2.05) is 17.4 Å². The first-order valence-electron chi connectivity index (χ1n) is 11.0. The Morgan fingerprint density at radius 1 is 0.857 bits per heavy atom. The van der Waals surface area contributed by atoms with Gasteiger partial charge in [-0.3, -0.25) is 14.9 Å². The summed E-state index contributed by atoms with van der Waals surface area (Å²) in [6, 6.07) is 15.4. The molecule has 1 unspecified atom stereocenters. The smallest absolute Gasteiger partial charge is 0.326 e. The van der Waals surface area contributed by atoms with Gasteiger partial charge < -0.3 is 10.6 Å². The molecule has 6 nitrogen and oxygen atoms in total. The zero-order valence-corrected chi connectivity index (χ0v) is 19.7. The monoisotopic (exact) mass is 499 g/mol. The lowest BCUT2D eigenvalue weighted by atomic mass is 9.92. The van der Waals surface area contributed by atoms with Crippen LogP contribution in [0.4, 0.5) is 25.0 Å². The Morgan fingerprint density at radius 3 is 2.00 bits per heavy atom. The van der Waals surface area contributed by atoms with Crippen LogP contribution in [0.3, 0.4) is 0 Å². The normalized spacial score (nSPS) is 11.4. The van der Waals surface area contributed by atoms with Crippen molar-refractivity contribution < 1.29 is 23.2 Å². The van der Waals surface area contributed by atoms with E-state index in [1.54, 1.807) is 24.3 Å². The Hall–Kier alpha value is -3.78. The average Bonchev–Trinajstić information content (AvgIpc) is 2.81. The molecule has 0 spiro atoms. The summed E-state index contributed by atoms with van der Waals surface area (Å²) in [5.41, 5.74) is 0.841. The van der Waals surface area contributed by atoms with E-state index in [-0.39, 0.29) is 11.8 Å². The van der Waals surface area contributed by atoms with Gasteiger partial charge in [0.15, 0.2) is 0 Å². The van der Waals surface area contributed by atoms with E-state index >= 15 is 0 Å². The van der Waals surface area contributed by atoms with E-state index in [0.717, 1.165) is 36.6 Å². The van der Waals surface area contributed by atoms with Crippen LogP contribution in [0.2, 0.25) is 5.02 Å². The highest BCUT2D eigenvalue weighted by Gasteiger charge is 2.21. The highest BCUT2D eigenvalue weighted by Crippen LogP contribution is 2.26. The van der Waals surface area contributed by atoms with E-state index in [9.17, 15) is 23.2 Å². The molecule has 1 atom stereocenters. The van der Waals surface area contributed by atoms with Crippen LogP contribution in [0, 0.1) is 11.6 Å². The predicted molar refractivity (Wildman–Crippen MR) is 132 cm³/mol. The number of carbonyl (C=O) groups excluding carboxylic acids is 3. The van der Waals surface area contributed by atoms with Gasteiger partial charge in [-0.2, -0.15) is 0 Å². The summed E-state index contributed by atoms with van der Waals surface area (Å²) in [5.74, 6) is -3.88. The summed E-state index contributed by atoms with van der Waals surface area (Å²) in [6.45, 7) is 2.05. The molecule has 0 fully saturated rings. The highest BCUT2D eigenvalue weighted by molar-refractivity contribution is 6.30. The second kappa shape index (κ2) is 12.1. The molecule has 3 N–H and O–H groups in total. The first-order valence-corrected chi connectivity index (χ1v) is 11.4. The molecule has 4 amide bonds. The van der Waals surface area contributed by atoms with Crippen molar-refractivity contribution in [1.29, 1.82) is 0 Å². The first-order chi connectivity index (χ1) is 16.8. The van der Waals surface area contributed by atoms with Crippen LogP contribution in [0.5, 0.6) is 0 Å². The fraction of sp³-hybridized carbons (Fsp3) is 0.192. The summed E-state index contributed by atoms with van der Waals surface area (Å²) in [6.07, 6.45) is 2.51. The lowest BCUT2D eigenvalue weighted by Gasteiger charge is -2.17. The minimum Gasteiger partial charge on any atom is -0.326 e. The molecule has 3 rings (SSSR count). The molecule has 0 saturated heterocycles. The summed E-state index contributed by atoms with van der Waals surface area (Å²) in [4.78, 5) is 37.1. The Kier molecular flexibility index (Phi) is 8.92. The Balaban J connectivity index is 1.61. The number of amides is 4. The zero-order valence-electron chi connectivity index (χ0n) is 18.9. The Bertz CT molecular complexity index is 1180. The quantitative estimate of drug-likeness (QED) is 0.331. The molecule has 3 aromatic carbocycles. The molecular weight excluding hydrogens is 476 g/mol. The van der Waals surface area contributed by atoms with Crippen LogP contribution < -0.4 is 16.0 Å². The van der Waals surface area contributed by atoms with E-state index in [4.69, 9.17) is 11.6 Å². The number of imide groups is 1. The number of unbranched alkanes of at least 4 members (excludes halogenated alkanes) is 1. The lowest BCUT2D eigenvalue weighted by Crippen LogP contribution is -2.35. The molecular formula is C26H24ClF2N3O3. The van der Waals surface area contributed by atoms with Gasteiger partial charge in [0.2, 0.25) is 5.91 Å². The predicted octanol–water partition coefficient (Wildman–Crippen LogP) is 6.49. The summed E-state index contributed by atoms with van der Waals surface area (Å²) in [5, 5.41) is 7.75. The molecule has 0 saturated carbocycles. The second-order valence-electron chi connectivity index (χ2n) is 7.82. The number of urea groups is 1. The molecule has 0 aliphatic heterocycles. The van der Waals surface area contributed by atoms with Crippen molar-refractivity contribution in [3.05, 3.63) is 94.5 Å². The minimum atomic E-state index is -1.21. The van der Waals surface area contributed by atoms with Crippen LogP contribution >= 0.6 is 11.6 Å². The number of hydrogen-bond acceptors (Lipinski definition) is 3. The van der Waals surface area contributed by atoms with Gasteiger partial charge in [-0.05, 0) is 60.5 Å². The van der Waals surface area contributed by atoms with Crippen LogP contribution in [-0.4, -0.2) is 17.8 Å². The number of rotatable bonds is 8. The maximum absolute atomic E-state index is 13.7. The van der Waals surface area contributed by atoms with Crippen LogP contribution in [0.25, 0.3) is 0 Å². The van der Waals surface area contributed by atoms with Gasteiger partial charge in [-0.15, -0.1) is 0 Å². The topological polar surface area (TPSA) is 87.3 Å². The van der Waals surface area contributed by atoms with Crippen molar-refractivity contribution in [2.24, 2.45) is 0 Å². The SMILES string of the molecule is CCCCC(C(=O)Nc1ccc(NC(=O)NC(=O)c2c(F)cccc2F)cc1)c1ccc(Cl)cc1. The highest BCUT2D eigenvalue weighted by atomic mass is 35.5. The van der Waals surface area contributed by atoms with Gasteiger partial charge in [-0.1, -0.05) is 49.6 Å². The van der Waals surface area contributed by atoms with Gasteiger partial charge in [0.1, 0.15) is 17.2 Å². The molecule has 0 radical (unpaired) electrons. The largest absolute Gasteiger partial charge is 0.326 e. The Labute approximate surface area is 206 Å². The summed E-state index contributed by atoms with van der Waals surface area (Å²) >= 11 is 5.97. The van der Waals surface area contributed by atoms with Gasteiger partial charge in [0.05, 0.1) is 5.92 Å². The fourth-order valence-electron chi connectivity index (χ4n) is 3.46. The van der Waals surface area contributed by atoms with Crippen molar-refractivity contribution in [3.8, 4) is 0 Å². The maximum atomic E-state index is 13.7. The molecule has 0 heterocycles. The van der Waals surface area contributed by atoms with Crippen LogP contribution in [-0.2, 0) is 4.79 Å². The van der Waals surface area contributed by atoms with E-state index < -0.39 is 29.1 Å². The number of benzene rings is 3. The standard InChI is InChI=1S/C26H24ClF2N3O3/c1-2-3-5-20(16-8-10-17(27)11-9-16)24(33)30-18-12-14-19(15-13-18)31-26(35)32-25(34)23-21(28)6-4-7-22(23)29/h4,6-15,20H,2-3,5H2,1H3,(H,30,33)(H2,31,32,34,35). The van der Waals surface area contributed by atoms with Crippen molar-refractivity contribution in [1.82, 2.24) is 5.32 Å². The number of halogens is 3. The minimum absolute atomic E-state index is 0.170. The van der Waals surface area contributed by atoms with Crippen molar-refractivity contribution in [3.63, 3.8) is 0 Å². The molecule has 0 aromatic heterocycles. The van der Waals surface area contributed by atoms with Gasteiger partial charge >= 0.3 is 6.03 Å². The molecule has 0 bridgehead atoms. The third kappa shape index (κ3) is 7.10. The van der Waals surface area contributed by atoms with Gasteiger partial charge in [-0.25, -0.2) is 13.6 Å². The average molecular weight is 500 g/mol.